The number of rotatable bonds is 4. The molecule has 13 heavy (non-hydrogen) atoms. The van der Waals surface area contributed by atoms with E-state index in [-0.39, 0.29) is 0 Å². The monoisotopic (exact) mass is 180 g/mol. The average Bonchev–Trinajstić information content (AvgIpc) is 2.18. The van der Waals surface area contributed by atoms with Gasteiger partial charge >= 0.3 is 0 Å². The SMILES string of the molecule is C[NH2+][C@@H](C)Cc1ccccc1OC. The molecule has 0 amide bonds. The van der Waals surface area contributed by atoms with Crippen LogP contribution in [0.2, 0.25) is 0 Å². The molecule has 1 atom stereocenters. The zero-order valence-corrected chi connectivity index (χ0v) is 8.58. The number of methoxy groups -OCH3 is 1. The quantitative estimate of drug-likeness (QED) is 0.729. The molecule has 0 radical (unpaired) electrons. The van der Waals surface area contributed by atoms with E-state index in [2.05, 4.69) is 31.4 Å². The van der Waals surface area contributed by atoms with Crippen LogP contribution in [0, 0.1) is 0 Å². The van der Waals surface area contributed by atoms with Crippen molar-refractivity contribution in [3.8, 4) is 5.75 Å². The summed E-state index contributed by atoms with van der Waals surface area (Å²) in [7, 11) is 3.82. The summed E-state index contributed by atoms with van der Waals surface area (Å²) in [6.45, 7) is 2.21. The van der Waals surface area contributed by atoms with Crippen LogP contribution in [0.25, 0.3) is 0 Å². The molecule has 1 rings (SSSR count). The van der Waals surface area contributed by atoms with E-state index < -0.39 is 0 Å². The molecule has 0 unspecified atom stereocenters. The van der Waals surface area contributed by atoms with Crippen LogP contribution in [0.5, 0.6) is 5.75 Å². The van der Waals surface area contributed by atoms with Gasteiger partial charge in [0.15, 0.2) is 0 Å². The molecule has 2 heteroatoms. The molecule has 0 aliphatic heterocycles. The zero-order valence-electron chi connectivity index (χ0n) is 8.58. The Morgan fingerprint density at radius 1 is 1.38 bits per heavy atom. The summed E-state index contributed by atoms with van der Waals surface area (Å²) in [5.41, 5.74) is 1.29. The Hall–Kier alpha value is -1.02. The lowest BCUT2D eigenvalue weighted by molar-refractivity contribution is -0.659. The van der Waals surface area contributed by atoms with Crippen molar-refractivity contribution < 1.29 is 10.1 Å². The van der Waals surface area contributed by atoms with Gasteiger partial charge in [-0.2, -0.15) is 0 Å². The molecule has 0 aliphatic rings. The van der Waals surface area contributed by atoms with Crippen molar-refractivity contribution >= 4 is 0 Å². The van der Waals surface area contributed by atoms with Gasteiger partial charge in [-0.1, -0.05) is 18.2 Å². The first kappa shape index (κ1) is 10.1. The van der Waals surface area contributed by atoms with Crippen molar-refractivity contribution in [2.24, 2.45) is 0 Å². The van der Waals surface area contributed by atoms with E-state index in [0.29, 0.717) is 6.04 Å². The number of hydrogen-bond donors (Lipinski definition) is 1. The topological polar surface area (TPSA) is 25.8 Å². The Kier molecular flexibility index (Phi) is 3.77. The highest BCUT2D eigenvalue weighted by Crippen LogP contribution is 2.17. The molecule has 2 N–H and O–H groups in total. The van der Waals surface area contributed by atoms with E-state index in [9.17, 15) is 0 Å². The minimum atomic E-state index is 0.608. The van der Waals surface area contributed by atoms with Gasteiger partial charge in [0.25, 0.3) is 0 Å². The molecule has 0 saturated carbocycles. The van der Waals surface area contributed by atoms with E-state index >= 15 is 0 Å². The van der Waals surface area contributed by atoms with Crippen LogP contribution in [0.15, 0.2) is 24.3 Å². The predicted molar refractivity (Wildman–Crippen MR) is 54.0 cm³/mol. The molecule has 1 aromatic rings. The van der Waals surface area contributed by atoms with Crippen LogP contribution < -0.4 is 10.1 Å². The molecule has 1 aromatic carbocycles. The summed E-state index contributed by atoms with van der Waals surface area (Å²) in [6.07, 6.45) is 1.06. The molecule has 0 saturated heterocycles. The van der Waals surface area contributed by atoms with Gasteiger partial charge in [0.2, 0.25) is 0 Å². The van der Waals surface area contributed by atoms with Crippen LogP contribution in [-0.2, 0) is 6.42 Å². The van der Waals surface area contributed by atoms with Crippen molar-refractivity contribution in [2.45, 2.75) is 19.4 Å². The van der Waals surface area contributed by atoms with Gasteiger partial charge in [-0.15, -0.1) is 0 Å². The lowest BCUT2D eigenvalue weighted by Gasteiger charge is -2.10. The first-order valence-corrected chi connectivity index (χ1v) is 4.69. The van der Waals surface area contributed by atoms with E-state index in [0.717, 1.165) is 12.2 Å². The van der Waals surface area contributed by atoms with Crippen molar-refractivity contribution in [3.05, 3.63) is 29.8 Å². The Morgan fingerprint density at radius 2 is 2.08 bits per heavy atom. The second-order valence-corrected chi connectivity index (χ2v) is 3.33. The highest BCUT2D eigenvalue weighted by atomic mass is 16.5. The Balaban J connectivity index is 2.74. The molecule has 0 aromatic heterocycles. The van der Waals surface area contributed by atoms with Gasteiger partial charge < -0.3 is 10.1 Å². The maximum absolute atomic E-state index is 5.28. The molecule has 72 valence electrons. The summed E-state index contributed by atoms with van der Waals surface area (Å²) in [5.74, 6) is 0.996. The first-order valence-electron chi connectivity index (χ1n) is 4.69. The van der Waals surface area contributed by atoms with Gasteiger partial charge in [0.1, 0.15) is 5.75 Å². The maximum Gasteiger partial charge on any atom is 0.122 e. The van der Waals surface area contributed by atoms with E-state index in [4.69, 9.17) is 4.74 Å². The molecule has 0 fully saturated rings. The highest BCUT2D eigenvalue weighted by Gasteiger charge is 2.07. The molecule has 0 aliphatic carbocycles. The highest BCUT2D eigenvalue weighted by molar-refractivity contribution is 5.33. The Labute approximate surface area is 79.9 Å². The third kappa shape index (κ3) is 2.74. The Bertz CT molecular complexity index is 260. The summed E-state index contributed by atoms with van der Waals surface area (Å²) in [5, 5.41) is 2.21. The predicted octanol–water partition coefficient (Wildman–Crippen LogP) is 0.819. The molecule has 2 nitrogen and oxygen atoms in total. The van der Waals surface area contributed by atoms with Crippen LogP contribution in [-0.4, -0.2) is 20.2 Å². The van der Waals surface area contributed by atoms with E-state index in [1.165, 1.54) is 5.56 Å². The number of hydrogen-bond acceptors (Lipinski definition) is 1. The summed E-state index contributed by atoms with van der Waals surface area (Å²) in [4.78, 5) is 0. The number of likely N-dealkylation sites (N-methyl/N-ethyl adjacent to an activating group) is 1. The van der Waals surface area contributed by atoms with Crippen LogP contribution in [0.3, 0.4) is 0 Å². The van der Waals surface area contributed by atoms with Gasteiger partial charge in [-0.3, -0.25) is 0 Å². The lowest BCUT2D eigenvalue weighted by atomic mass is 10.1. The summed E-state index contributed by atoms with van der Waals surface area (Å²) < 4.78 is 5.28. The number of para-hydroxylation sites is 1. The fourth-order valence-electron chi connectivity index (χ4n) is 1.34. The van der Waals surface area contributed by atoms with Crippen LogP contribution in [0.1, 0.15) is 12.5 Å². The van der Waals surface area contributed by atoms with Gasteiger partial charge in [-0.25, -0.2) is 0 Å². The summed E-state index contributed by atoms with van der Waals surface area (Å²) >= 11 is 0. The number of quaternary nitrogens is 1. The Morgan fingerprint density at radius 3 is 2.69 bits per heavy atom. The van der Waals surface area contributed by atoms with E-state index in [1.54, 1.807) is 7.11 Å². The fourth-order valence-corrected chi connectivity index (χ4v) is 1.34. The van der Waals surface area contributed by atoms with Crippen molar-refractivity contribution in [1.82, 2.24) is 0 Å². The van der Waals surface area contributed by atoms with Gasteiger partial charge in [0, 0.05) is 6.42 Å². The van der Waals surface area contributed by atoms with Crippen molar-refractivity contribution in [2.75, 3.05) is 14.2 Å². The zero-order chi connectivity index (χ0) is 9.68. The molecule has 0 heterocycles. The van der Waals surface area contributed by atoms with Gasteiger partial charge in [0.05, 0.1) is 20.2 Å². The van der Waals surface area contributed by atoms with Crippen LogP contribution in [0.4, 0.5) is 0 Å². The standard InChI is InChI=1S/C11H17NO/c1-9(12-2)8-10-6-4-5-7-11(10)13-3/h4-7,9,12H,8H2,1-3H3/p+1/t9-/m0/s1. The second kappa shape index (κ2) is 4.87. The smallest absolute Gasteiger partial charge is 0.122 e. The molecule has 0 bridgehead atoms. The molecular formula is C11H18NO+. The number of nitrogens with two attached hydrogens (primary N) is 1. The maximum atomic E-state index is 5.28. The number of ether oxygens (including phenoxy) is 1. The normalized spacial score (nSPS) is 12.5. The van der Waals surface area contributed by atoms with Gasteiger partial charge in [-0.05, 0) is 18.6 Å². The largest absolute Gasteiger partial charge is 0.496 e. The lowest BCUT2D eigenvalue weighted by Crippen LogP contribution is -2.85. The number of benzene rings is 1. The van der Waals surface area contributed by atoms with Crippen molar-refractivity contribution in [3.63, 3.8) is 0 Å². The summed E-state index contributed by atoms with van der Waals surface area (Å²) in [6, 6.07) is 8.80. The van der Waals surface area contributed by atoms with E-state index in [1.807, 2.05) is 12.1 Å². The minimum Gasteiger partial charge on any atom is -0.496 e. The molecular weight excluding hydrogens is 162 g/mol. The second-order valence-electron chi connectivity index (χ2n) is 3.33. The fraction of sp³-hybridized carbons (Fsp3) is 0.455. The third-order valence-corrected chi connectivity index (χ3v) is 2.30. The van der Waals surface area contributed by atoms with Crippen LogP contribution >= 0.6 is 0 Å². The average molecular weight is 180 g/mol. The first-order chi connectivity index (χ1) is 6.27. The molecule has 0 spiro atoms. The van der Waals surface area contributed by atoms with Crippen molar-refractivity contribution in [1.29, 1.82) is 0 Å². The third-order valence-electron chi connectivity index (χ3n) is 2.30. The minimum absolute atomic E-state index is 0.608.